The molecule has 0 aliphatic rings. The third kappa shape index (κ3) is 2.63. The van der Waals surface area contributed by atoms with Crippen LogP contribution in [0.4, 0.5) is 5.69 Å². The molecule has 1 N–H and O–H groups in total. The van der Waals surface area contributed by atoms with E-state index in [1.54, 1.807) is 11.0 Å². The molecule has 0 spiro atoms. The van der Waals surface area contributed by atoms with E-state index >= 15 is 0 Å². The molecule has 3 rings (SSSR count). The first-order valence-corrected chi connectivity index (χ1v) is 7.41. The highest BCUT2D eigenvalue weighted by Crippen LogP contribution is 2.24. The van der Waals surface area contributed by atoms with Crippen LogP contribution >= 0.6 is 27.3 Å². The number of carbonyl (C=O) groups excluding carboxylic acids is 1. The summed E-state index contributed by atoms with van der Waals surface area (Å²) in [6, 6.07) is 9.25. The molecule has 0 unspecified atom stereocenters. The normalized spacial score (nSPS) is 10.4. The molecule has 0 saturated heterocycles. The molecule has 0 atom stereocenters. The Hall–Kier alpha value is -1.99. The highest BCUT2D eigenvalue weighted by Gasteiger charge is 2.11. The largest absolute Gasteiger partial charge is 0.321 e. The zero-order valence-corrected chi connectivity index (χ0v) is 12.6. The summed E-state index contributed by atoms with van der Waals surface area (Å²) in [5.41, 5.74) is 1.62. The van der Waals surface area contributed by atoms with Crippen molar-refractivity contribution in [3.05, 3.63) is 57.7 Å². The monoisotopic (exact) mass is 348 g/mol. The molecule has 0 radical (unpaired) electrons. The molecular formula is C13H9BrN4OS. The number of halogens is 1. The van der Waals surface area contributed by atoms with E-state index in [1.165, 1.54) is 17.7 Å². The van der Waals surface area contributed by atoms with Crippen molar-refractivity contribution in [3.8, 4) is 5.69 Å². The standard InChI is InChI=1S/C13H9BrN4OS/c14-11-5-6-20-12(11)13(19)17-9-1-3-10(4-2-9)18-8-15-7-16-18/h1-8H,(H,17,19). The van der Waals surface area contributed by atoms with E-state index in [0.29, 0.717) is 4.88 Å². The first-order chi connectivity index (χ1) is 9.74. The molecule has 2 heterocycles. The summed E-state index contributed by atoms with van der Waals surface area (Å²) in [6.07, 6.45) is 3.10. The SMILES string of the molecule is O=C(Nc1ccc(-n2cncn2)cc1)c1sccc1Br. The Bertz CT molecular complexity index is 721. The number of aromatic nitrogens is 3. The van der Waals surface area contributed by atoms with Crippen molar-refractivity contribution in [2.45, 2.75) is 0 Å². The van der Waals surface area contributed by atoms with Crippen LogP contribution in [-0.4, -0.2) is 20.7 Å². The number of hydrogen-bond donors (Lipinski definition) is 1. The van der Waals surface area contributed by atoms with E-state index < -0.39 is 0 Å². The number of rotatable bonds is 3. The van der Waals surface area contributed by atoms with E-state index in [4.69, 9.17) is 0 Å². The second-order valence-corrected chi connectivity index (χ2v) is 5.71. The second-order valence-electron chi connectivity index (χ2n) is 3.94. The molecule has 0 aliphatic carbocycles. The molecule has 20 heavy (non-hydrogen) atoms. The lowest BCUT2D eigenvalue weighted by Gasteiger charge is -2.05. The van der Waals surface area contributed by atoms with Crippen molar-refractivity contribution in [1.82, 2.24) is 14.8 Å². The van der Waals surface area contributed by atoms with Crippen LogP contribution < -0.4 is 5.32 Å². The van der Waals surface area contributed by atoms with Crippen molar-refractivity contribution in [2.24, 2.45) is 0 Å². The van der Waals surface area contributed by atoms with Crippen LogP contribution in [0.15, 0.2) is 52.8 Å². The predicted molar refractivity (Wildman–Crippen MR) is 81.3 cm³/mol. The number of hydrogen-bond acceptors (Lipinski definition) is 4. The van der Waals surface area contributed by atoms with Crippen molar-refractivity contribution < 1.29 is 4.79 Å². The first-order valence-electron chi connectivity index (χ1n) is 5.73. The van der Waals surface area contributed by atoms with Gasteiger partial charge in [-0.1, -0.05) is 0 Å². The lowest BCUT2D eigenvalue weighted by molar-refractivity contribution is 0.103. The highest BCUT2D eigenvalue weighted by atomic mass is 79.9. The van der Waals surface area contributed by atoms with Gasteiger partial charge in [-0.25, -0.2) is 9.67 Å². The Morgan fingerprint density at radius 3 is 2.65 bits per heavy atom. The molecule has 100 valence electrons. The van der Waals surface area contributed by atoms with E-state index in [-0.39, 0.29) is 5.91 Å². The second kappa shape index (κ2) is 5.56. The van der Waals surface area contributed by atoms with Crippen LogP contribution in [-0.2, 0) is 0 Å². The third-order valence-electron chi connectivity index (χ3n) is 2.63. The van der Waals surface area contributed by atoms with Crippen LogP contribution in [0.2, 0.25) is 0 Å². The van der Waals surface area contributed by atoms with Gasteiger partial charge >= 0.3 is 0 Å². The van der Waals surface area contributed by atoms with Gasteiger partial charge in [-0.05, 0) is 51.6 Å². The molecule has 1 amide bonds. The summed E-state index contributed by atoms with van der Waals surface area (Å²) < 4.78 is 2.46. The molecule has 0 bridgehead atoms. The summed E-state index contributed by atoms with van der Waals surface area (Å²) in [7, 11) is 0. The molecular weight excluding hydrogens is 340 g/mol. The van der Waals surface area contributed by atoms with Gasteiger partial charge in [0.05, 0.1) is 5.69 Å². The zero-order chi connectivity index (χ0) is 13.9. The number of carbonyl (C=O) groups is 1. The molecule has 0 saturated carbocycles. The van der Waals surface area contributed by atoms with Crippen LogP contribution in [0, 0.1) is 0 Å². The maximum Gasteiger partial charge on any atom is 0.266 e. The van der Waals surface area contributed by atoms with E-state index in [9.17, 15) is 4.79 Å². The van der Waals surface area contributed by atoms with E-state index in [1.807, 2.05) is 35.7 Å². The Kier molecular flexibility index (Phi) is 3.62. The Balaban J connectivity index is 1.76. The molecule has 3 aromatic rings. The van der Waals surface area contributed by atoms with Crippen molar-refractivity contribution in [3.63, 3.8) is 0 Å². The maximum absolute atomic E-state index is 12.1. The van der Waals surface area contributed by atoms with Crippen LogP contribution in [0.3, 0.4) is 0 Å². The molecule has 1 aromatic carbocycles. The van der Waals surface area contributed by atoms with Gasteiger partial charge in [0.2, 0.25) is 0 Å². The van der Waals surface area contributed by atoms with Crippen molar-refractivity contribution in [1.29, 1.82) is 0 Å². The fourth-order valence-electron chi connectivity index (χ4n) is 1.68. The van der Waals surface area contributed by atoms with Gasteiger partial charge in [-0.15, -0.1) is 11.3 Å². The minimum Gasteiger partial charge on any atom is -0.321 e. The predicted octanol–water partition coefficient (Wildman–Crippen LogP) is 3.34. The van der Waals surface area contributed by atoms with E-state index in [2.05, 4.69) is 31.3 Å². The lowest BCUT2D eigenvalue weighted by Crippen LogP contribution is -2.10. The Labute approximate surface area is 127 Å². The topological polar surface area (TPSA) is 59.8 Å². The molecule has 7 heteroatoms. The molecule has 0 aliphatic heterocycles. The van der Waals surface area contributed by atoms with Gasteiger partial charge in [0.1, 0.15) is 17.5 Å². The smallest absolute Gasteiger partial charge is 0.266 e. The summed E-state index contributed by atoms with van der Waals surface area (Å²) in [5.74, 6) is -0.125. The first kappa shape index (κ1) is 13.0. The van der Waals surface area contributed by atoms with Gasteiger partial charge in [-0.3, -0.25) is 4.79 Å². The van der Waals surface area contributed by atoms with Gasteiger partial charge in [0.15, 0.2) is 0 Å². The minimum atomic E-state index is -0.125. The van der Waals surface area contributed by atoms with Gasteiger partial charge < -0.3 is 5.32 Å². The van der Waals surface area contributed by atoms with E-state index in [0.717, 1.165) is 15.8 Å². The number of benzene rings is 1. The maximum atomic E-state index is 12.1. The van der Waals surface area contributed by atoms with Crippen LogP contribution in [0.1, 0.15) is 9.67 Å². The number of anilines is 1. The van der Waals surface area contributed by atoms with Crippen molar-refractivity contribution in [2.75, 3.05) is 5.32 Å². The Morgan fingerprint density at radius 2 is 2.05 bits per heavy atom. The number of nitrogens with zero attached hydrogens (tertiary/aromatic N) is 3. The van der Waals surface area contributed by atoms with Gasteiger partial charge in [-0.2, -0.15) is 5.10 Å². The summed E-state index contributed by atoms with van der Waals surface area (Å²) in [5, 5.41) is 8.76. The van der Waals surface area contributed by atoms with Crippen molar-refractivity contribution >= 4 is 38.9 Å². The highest BCUT2D eigenvalue weighted by molar-refractivity contribution is 9.10. The average Bonchev–Trinajstić information content (AvgIpc) is 3.10. The van der Waals surface area contributed by atoms with Gasteiger partial charge in [0, 0.05) is 10.2 Å². The summed E-state index contributed by atoms with van der Waals surface area (Å²) >= 11 is 4.75. The molecule has 0 fully saturated rings. The minimum absolute atomic E-state index is 0.125. The number of thiophene rings is 1. The number of amides is 1. The summed E-state index contributed by atoms with van der Waals surface area (Å²) in [6.45, 7) is 0. The zero-order valence-electron chi connectivity index (χ0n) is 10.2. The quantitative estimate of drug-likeness (QED) is 0.789. The fraction of sp³-hybridized carbons (Fsp3) is 0. The summed E-state index contributed by atoms with van der Waals surface area (Å²) in [4.78, 5) is 16.6. The lowest BCUT2D eigenvalue weighted by atomic mass is 10.2. The Morgan fingerprint density at radius 1 is 1.25 bits per heavy atom. The molecule has 5 nitrogen and oxygen atoms in total. The van der Waals surface area contributed by atoms with Gasteiger partial charge in [0.25, 0.3) is 5.91 Å². The third-order valence-corrected chi connectivity index (χ3v) is 4.47. The van der Waals surface area contributed by atoms with Crippen LogP contribution in [0.5, 0.6) is 0 Å². The average molecular weight is 349 g/mol. The number of nitrogens with one attached hydrogen (secondary N) is 1. The molecule has 2 aromatic heterocycles. The van der Waals surface area contributed by atoms with Crippen LogP contribution in [0.25, 0.3) is 5.69 Å². The fourth-order valence-corrected chi connectivity index (χ4v) is 3.13.